The topological polar surface area (TPSA) is 72.8 Å². The Hall–Kier alpha value is -0.380. The molecule has 0 heterocycles. The number of ether oxygens (including phenoxy) is 1. The van der Waals surface area contributed by atoms with Crippen LogP contribution in [-0.2, 0) is 18.6 Å². The molecule has 0 fully saturated rings. The average Bonchev–Trinajstić information content (AvgIpc) is 2.28. The van der Waals surface area contributed by atoms with Gasteiger partial charge >= 0.3 is 13.6 Å². The van der Waals surface area contributed by atoms with E-state index in [1.807, 2.05) is 6.92 Å². The number of rotatable bonds is 10. The third-order valence-corrected chi connectivity index (χ3v) is 4.03. The maximum Gasteiger partial charge on any atom is 0.331 e. The molecule has 0 aliphatic heterocycles. The van der Waals surface area contributed by atoms with Crippen LogP contribution >= 0.6 is 7.60 Å². The highest BCUT2D eigenvalue weighted by atomic mass is 31.2. The number of carbonyl (C=O) groups is 1. The minimum absolute atomic E-state index is 0.0745. The van der Waals surface area contributed by atoms with Crippen LogP contribution in [0.4, 0.5) is 0 Å². The van der Waals surface area contributed by atoms with Gasteiger partial charge in [-0.25, -0.2) is 0 Å². The zero-order chi connectivity index (χ0) is 14.0. The van der Waals surface area contributed by atoms with Crippen molar-refractivity contribution in [3.63, 3.8) is 0 Å². The highest BCUT2D eigenvalue weighted by molar-refractivity contribution is 7.52. The van der Waals surface area contributed by atoms with E-state index in [1.54, 1.807) is 0 Å². The lowest BCUT2D eigenvalue weighted by molar-refractivity contribution is -0.140. The molecule has 0 rings (SSSR count). The van der Waals surface area contributed by atoms with Gasteiger partial charge in [0.1, 0.15) is 6.61 Å². The fourth-order valence-corrected chi connectivity index (χ4v) is 2.38. The molecule has 0 saturated carbocycles. The van der Waals surface area contributed by atoms with Crippen molar-refractivity contribution < 1.29 is 23.5 Å². The Kier molecular flexibility index (Phi) is 9.34. The Bertz CT molecular complexity index is 280. The van der Waals surface area contributed by atoms with Crippen LogP contribution in [0.3, 0.4) is 0 Å². The Morgan fingerprint density at radius 1 is 1.39 bits per heavy atom. The van der Waals surface area contributed by atoms with Gasteiger partial charge in [0.15, 0.2) is 0 Å². The molecule has 2 unspecified atom stereocenters. The van der Waals surface area contributed by atoms with Gasteiger partial charge in [-0.15, -0.1) is 0 Å². The molecule has 1 N–H and O–H groups in total. The normalized spacial score (nSPS) is 16.0. The summed E-state index contributed by atoms with van der Waals surface area (Å²) in [5.41, 5.74) is 0. The molecule has 6 heteroatoms. The van der Waals surface area contributed by atoms with Crippen LogP contribution in [-0.4, -0.2) is 30.2 Å². The van der Waals surface area contributed by atoms with Gasteiger partial charge in [0.05, 0.1) is 12.8 Å². The molecule has 18 heavy (non-hydrogen) atoms. The van der Waals surface area contributed by atoms with Crippen LogP contribution in [0.2, 0.25) is 0 Å². The molecule has 5 nitrogen and oxygen atoms in total. The molecule has 0 aromatic carbocycles. The molecule has 0 amide bonds. The number of carbonyl (C=O) groups excluding carboxylic acids is 1. The van der Waals surface area contributed by atoms with Gasteiger partial charge in [-0.3, -0.25) is 9.36 Å². The van der Waals surface area contributed by atoms with Crippen molar-refractivity contribution in [3.8, 4) is 0 Å². The van der Waals surface area contributed by atoms with Gasteiger partial charge in [0.2, 0.25) is 0 Å². The molecule has 0 aromatic rings. The molecule has 0 bridgehead atoms. The minimum Gasteiger partial charge on any atom is -0.465 e. The summed E-state index contributed by atoms with van der Waals surface area (Å²) in [6, 6.07) is 0. The number of hydrogen-bond donors (Lipinski definition) is 1. The maximum atomic E-state index is 11.6. The Morgan fingerprint density at radius 3 is 2.56 bits per heavy atom. The summed E-state index contributed by atoms with van der Waals surface area (Å²) < 4.78 is 21.3. The standard InChI is InChI=1S/C12H25O5P/c1-4-6-7-12(5-2)10-17-18(14,15)9-8-16-11(3)13/h12H,4-10H2,1-3H3,(H,14,15). The van der Waals surface area contributed by atoms with E-state index in [2.05, 4.69) is 11.7 Å². The summed E-state index contributed by atoms with van der Waals surface area (Å²) in [5, 5.41) is 0. The average molecular weight is 280 g/mol. The van der Waals surface area contributed by atoms with Gasteiger partial charge in [0, 0.05) is 6.92 Å². The van der Waals surface area contributed by atoms with Crippen molar-refractivity contribution in [1.29, 1.82) is 0 Å². The van der Waals surface area contributed by atoms with Gasteiger partial charge < -0.3 is 14.2 Å². The summed E-state index contributed by atoms with van der Waals surface area (Å²) in [6.45, 7) is 5.65. The summed E-state index contributed by atoms with van der Waals surface area (Å²) in [4.78, 5) is 20.1. The Labute approximate surface area is 109 Å². The van der Waals surface area contributed by atoms with Gasteiger partial charge in [-0.2, -0.15) is 0 Å². The van der Waals surface area contributed by atoms with Crippen LogP contribution in [0.5, 0.6) is 0 Å². The predicted molar refractivity (Wildman–Crippen MR) is 70.6 cm³/mol. The smallest absolute Gasteiger partial charge is 0.331 e. The van der Waals surface area contributed by atoms with Crippen molar-refractivity contribution >= 4 is 13.6 Å². The zero-order valence-corrected chi connectivity index (χ0v) is 12.4. The van der Waals surface area contributed by atoms with Crippen molar-refractivity contribution in [2.24, 2.45) is 5.92 Å². The zero-order valence-electron chi connectivity index (χ0n) is 11.6. The lowest BCUT2D eigenvalue weighted by Crippen LogP contribution is -2.11. The lowest BCUT2D eigenvalue weighted by Gasteiger charge is -2.17. The second kappa shape index (κ2) is 9.54. The number of esters is 1. The number of hydrogen-bond acceptors (Lipinski definition) is 4. The first-order valence-corrected chi connectivity index (χ1v) is 8.27. The highest BCUT2D eigenvalue weighted by Gasteiger charge is 2.21. The molecule has 0 aromatic heterocycles. The van der Waals surface area contributed by atoms with E-state index in [4.69, 9.17) is 4.52 Å². The molecule has 0 aliphatic rings. The van der Waals surface area contributed by atoms with Crippen LogP contribution < -0.4 is 0 Å². The molecule has 2 atom stereocenters. The van der Waals surface area contributed by atoms with E-state index in [9.17, 15) is 14.3 Å². The monoisotopic (exact) mass is 280 g/mol. The van der Waals surface area contributed by atoms with Gasteiger partial charge in [0.25, 0.3) is 0 Å². The van der Waals surface area contributed by atoms with Gasteiger partial charge in [-0.1, -0.05) is 33.1 Å². The van der Waals surface area contributed by atoms with Crippen molar-refractivity contribution in [3.05, 3.63) is 0 Å². The fraction of sp³-hybridized carbons (Fsp3) is 0.917. The molecule has 0 spiro atoms. The molecule has 0 radical (unpaired) electrons. The van der Waals surface area contributed by atoms with E-state index in [0.29, 0.717) is 12.5 Å². The summed E-state index contributed by atoms with van der Waals surface area (Å²) >= 11 is 0. The van der Waals surface area contributed by atoms with Crippen LogP contribution in [0, 0.1) is 5.92 Å². The summed E-state index contributed by atoms with van der Waals surface area (Å²) in [6.07, 6.45) is 4.02. The quantitative estimate of drug-likeness (QED) is 0.492. The maximum absolute atomic E-state index is 11.6. The van der Waals surface area contributed by atoms with E-state index in [0.717, 1.165) is 25.7 Å². The largest absolute Gasteiger partial charge is 0.465 e. The van der Waals surface area contributed by atoms with Crippen LogP contribution in [0.15, 0.2) is 0 Å². The van der Waals surface area contributed by atoms with Crippen LogP contribution in [0.25, 0.3) is 0 Å². The second-order valence-electron chi connectivity index (χ2n) is 4.41. The predicted octanol–water partition coefficient (Wildman–Crippen LogP) is 2.97. The first kappa shape index (κ1) is 17.6. The van der Waals surface area contributed by atoms with Crippen LogP contribution in [0.1, 0.15) is 46.5 Å². The third kappa shape index (κ3) is 9.63. The molecule has 0 saturated heterocycles. The summed E-state index contributed by atoms with van der Waals surface area (Å²) in [5.74, 6) is -0.136. The van der Waals surface area contributed by atoms with E-state index in [1.165, 1.54) is 6.92 Å². The molecule has 0 aliphatic carbocycles. The third-order valence-electron chi connectivity index (χ3n) is 2.73. The van der Waals surface area contributed by atoms with E-state index < -0.39 is 13.6 Å². The Morgan fingerprint density at radius 2 is 2.06 bits per heavy atom. The van der Waals surface area contributed by atoms with Crippen molar-refractivity contribution in [2.45, 2.75) is 46.5 Å². The molecular formula is C12H25O5P. The Balaban J connectivity index is 3.92. The SMILES string of the molecule is CCCCC(CC)COP(=O)(O)CCOC(C)=O. The summed E-state index contributed by atoms with van der Waals surface area (Å²) in [7, 11) is -3.63. The first-order chi connectivity index (χ1) is 8.41. The second-order valence-corrected chi connectivity index (χ2v) is 6.39. The lowest BCUT2D eigenvalue weighted by atomic mass is 10.0. The van der Waals surface area contributed by atoms with Crippen molar-refractivity contribution in [2.75, 3.05) is 19.4 Å². The van der Waals surface area contributed by atoms with Crippen molar-refractivity contribution in [1.82, 2.24) is 0 Å². The fourth-order valence-electron chi connectivity index (χ4n) is 1.49. The highest BCUT2D eigenvalue weighted by Crippen LogP contribution is 2.42. The van der Waals surface area contributed by atoms with E-state index in [-0.39, 0.29) is 12.8 Å². The minimum atomic E-state index is -3.63. The molecular weight excluding hydrogens is 255 g/mol. The molecule has 108 valence electrons. The van der Waals surface area contributed by atoms with E-state index >= 15 is 0 Å². The first-order valence-electron chi connectivity index (χ1n) is 6.51. The number of unbranched alkanes of at least 4 members (excludes halogenated alkanes) is 1. The van der Waals surface area contributed by atoms with Gasteiger partial charge in [-0.05, 0) is 12.3 Å².